The number of esters is 1. The zero-order chi connectivity index (χ0) is 23.3. The third kappa shape index (κ3) is 4.94. The number of para-hydroxylation sites is 1. The van der Waals surface area contributed by atoms with E-state index in [0.717, 1.165) is 29.6 Å². The van der Waals surface area contributed by atoms with Crippen molar-refractivity contribution >= 4 is 34.4 Å². The Morgan fingerprint density at radius 1 is 1.06 bits per heavy atom. The van der Waals surface area contributed by atoms with Crippen LogP contribution in [0.4, 0.5) is 5.69 Å². The predicted octanol–water partition coefficient (Wildman–Crippen LogP) is 4.03. The van der Waals surface area contributed by atoms with E-state index >= 15 is 0 Å². The van der Waals surface area contributed by atoms with Gasteiger partial charge in [0.2, 0.25) is 5.91 Å². The lowest BCUT2D eigenvalue weighted by molar-refractivity contribution is -0.123. The molecule has 0 spiro atoms. The zero-order valence-electron chi connectivity index (χ0n) is 18.5. The van der Waals surface area contributed by atoms with E-state index in [9.17, 15) is 14.4 Å². The van der Waals surface area contributed by atoms with Crippen LogP contribution in [-0.4, -0.2) is 28.9 Å². The zero-order valence-corrected chi connectivity index (χ0v) is 18.5. The molecule has 0 aliphatic heterocycles. The van der Waals surface area contributed by atoms with E-state index in [-0.39, 0.29) is 0 Å². The quantitative estimate of drug-likeness (QED) is 0.521. The number of fused-ring (bicyclic) bond motifs is 1. The van der Waals surface area contributed by atoms with Crippen molar-refractivity contribution in [2.45, 2.75) is 46.1 Å². The van der Waals surface area contributed by atoms with Crippen LogP contribution in [0, 0.1) is 0 Å². The number of hydrogen-bond acceptors (Lipinski definition) is 5. The van der Waals surface area contributed by atoms with Gasteiger partial charge in [0, 0.05) is 22.3 Å². The molecule has 0 fully saturated rings. The maximum atomic E-state index is 13.2. The Bertz CT molecular complexity index is 1160. The van der Waals surface area contributed by atoms with Gasteiger partial charge in [-0.15, -0.1) is 0 Å². The molecule has 32 heavy (non-hydrogen) atoms. The second kappa shape index (κ2) is 10.0. The smallest absolute Gasteiger partial charge is 0.339 e. The Kier molecular flexibility index (Phi) is 7.20. The standard InChI is InChI=1S/C25H27N3O4/c1-4-8-20-18(5-2)22(19-9-6-7-10-21(19)28-20)25(31)32-15(3)24(30)27-17-13-11-16(12-14-17)23(26)29/h6-7,9-15H,4-5,8H2,1-3H3,(H2,26,29)(H,27,30)/t15-/m0/s1. The Hall–Kier alpha value is -3.74. The third-order valence-corrected chi connectivity index (χ3v) is 5.21. The molecule has 0 aliphatic carbocycles. The van der Waals surface area contributed by atoms with Gasteiger partial charge in [0.25, 0.3) is 5.91 Å². The number of aromatic nitrogens is 1. The number of aryl methyl sites for hydroxylation is 1. The average molecular weight is 434 g/mol. The maximum Gasteiger partial charge on any atom is 0.339 e. The molecule has 1 heterocycles. The van der Waals surface area contributed by atoms with Crippen molar-refractivity contribution in [1.82, 2.24) is 4.98 Å². The molecule has 3 aromatic rings. The summed E-state index contributed by atoms with van der Waals surface area (Å²) in [5.74, 6) is -1.58. The van der Waals surface area contributed by atoms with E-state index in [1.807, 2.05) is 31.2 Å². The number of ether oxygens (including phenoxy) is 1. The number of nitrogens with one attached hydrogen (secondary N) is 1. The van der Waals surface area contributed by atoms with Gasteiger partial charge in [-0.2, -0.15) is 0 Å². The molecule has 0 aliphatic rings. The number of anilines is 1. The summed E-state index contributed by atoms with van der Waals surface area (Å²) in [5, 5.41) is 3.39. The van der Waals surface area contributed by atoms with Gasteiger partial charge in [-0.25, -0.2) is 4.79 Å². The van der Waals surface area contributed by atoms with Gasteiger partial charge in [0.1, 0.15) is 0 Å². The Morgan fingerprint density at radius 2 is 1.75 bits per heavy atom. The number of carbonyl (C=O) groups is 3. The molecular formula is C25H27N3O4. The third-order valence-electron chi connectivity index (χ3n) is 5.21. The molecule has 0 bridgehead atoms. The molecule has 3 rings (SSSR count). The van der Waals surface area contributed by atoms with Crippen LogP contribution in [0.25, 0.3) is 10.9 Å². The van der Waals surface area contributed by atoms with Gasteiger partial charge in [0.05, 0.1) is 11.1 Å². The van der Waals surface area contributed by atoms with Gasteiger partial charge in [-0.1, -0.05) is 38.5 Å². The van der Waals surface area contributed by atoms with Crippen LogP contribution >= 0.6 is 0 Å². The Labute approximate surface area is 187 Å². The highest BCUT2D eigenvalue weighted by molar-refractivity contribution is 6.06. The normalized spacial score (nSPS) is 11.7. The first kappa shape index (κ1) is 22.9. The Balaban J connectivity index is 1.84. The number of rotatable bonds is 8. The summed E-state index contributed by atoms with van der Waals surface area (Å²) in [5.41, 5.74) is 8.96. The van der Waals surface area contributed by atoms with Crippen LogP contribution in [0.5, 0.6) is 0 Å². The van der Waals surface area contributed by atoms with Crippen LogP contribution in [0.1, 0.15) is 59.2 Å². The Morgan fingerprint density at radius 3 is 2.38 bits per heavy atom. The number of nitrogens with zero attached hydrogens (tertiary/aromatic N) is 1. The number of amides is 2. The fourth-order valence-corrected chi connectivity index (χ4v) is 3.59. The molecule has 0 unspecified atom stereocenters. The van der Waals surface area contributed by atoms with Crippen molar-refractivity contribution in [1.29, 1.82) is 0 Å². The number of pyridine rings is 1. The fraction of sp³-hybridized carbons (Fsp3) is 0.280. The summed E-state index contributed by atoms with van der Waals surface area (Å²) in [4.78, 5) is 41.7. The van der Waals surface area contributed by atoms with Crippen molar-refractivity contribution in [2.24, 2.45) is 5.73 Å². The summed E-state index contributed by atoms with van der Waals surface area (Å²) >= 11 is 0. The fourth-order valence-electron chi connectivity index (χ4n) is 3.59. The van der Waals surface area contributed by atoms with Crippen LogP contribution in [0.15, 0.2) is 48.5 Å². The topological polar surface area (TPSA) is 111 Å². The number of hydrogen-bond donors (Lipinski definition) is 2. The summed E-state index contributed by atoms with van der Waals surface area (Å²) in [6.07, 6.45) is 1.26. The lowest BCUT2D eigenvalue weighted by Gasteiger charge is -2.18. The second-order valence-electron chi connectivity index (χ2n) is 7.51. The minimum Gasteiger partial charge on any atom is -0.449 e. The highest BCUT2D eigenvalue weighted by Gasteiger charge is 2.24. The van der Waals surface area contributed by atoms with Gasteiger partial charge < -0.3 is 15.8 Å². The van der Waals surface area contributed by atoms with Crippen LogP contribution in [0.2, 0.25) is 0 Å². The first-order chi connectivity index (χ1) is 15.3. The first-order valence-electron chi connectivity index (χ1n) is 10.7. The van der Waals surface area contributed by atoms with Crippen molar-refractivity contribution in [3.8, 4) is 0 Å². The van der Waals surface area contributed by atoms with E-state index in [2.05, 4.69) is 12.2 Å². The van der Waals surface area contributed by atoms with E-state index < -0.39 is 23.9 Å². The molecule has 2 amide bonds. The number of primary amides is 1. The molecule has 3 N–H and O–H groups in total. The molecular weight excluding hydrogens is 406 g/mol. The van der Waals surface area contributed by atoms with E-state index in [4.69, 9.17) is 15.5 Å². The van der Waals surface area contributed by atoms with Gasteiger partial charge >= 0.3 is 5.97 Å². The van der Waals surface area contributed by atoms with Crippen LogP contribution < -0.4 is 11.1 Å². The van der Waals surface area contributed by atoms with Crippen molar-refractivity contribution in [3.05, 3.63) is 70.9 Å². The van der Waals surface area contributed by atoms with Crippen molar-refractivity contribution in [3.63, 3.8) is 0 Å². The largest absolute Gasteiger partial charge is 0.449 e. The minimum absolute atomic E-state index is 0.335. The summed E-state index contributed by atoms with van der Waals surface area (Å²) in [6, 6.07) is 13.6. The predicted molar refractivity (Wildman–Crippen MR) is 124 cm³/mol. The van der Waals surface area contributed by atoms with Gasteiger partial charge in [0.15, 0.2) is 6.10 Å². The lowest BCUT2D eigenvalue weighted by atomic mass is 9.96. The number of carbonyl (C=O) groups excluding carboxylic acids is 3. The highest BCUT2D eigenvalue weighted by Crippen LogP contribution is 2.26. The van der Waals surface area contributed by atoms with Crippen LogP contribution in [0.3, 0.4) is 0 Å². The second-order valence-corrected chi connectivity index (χ2v) is 7.51. The molecule has 1 aromatic heterocycles. The maximum absolute atomic E-state index is 13.2. The number of nitrogens with two attached hydrogens (primary N) is 1. The highest BCUT2D eigenvalue weighted by atomic mass is 16.5. The van der Waals surface area contributed by atoms with Gasteiger partial charge in [-0.05, 0) is 55.7 Å². The molecule has 166 valence electrons. The van der Waals surface area contributed by atoms with E-state index in [0.29, 0.717) is 28.6 Å². The average Bonchev–Trinajstić information content (AvgIpc) is 2.78. The van der Waals surface area contributed by atoms with E-state index in [1.54, 1.807) is 12.1 Å². The lowest BCUT2D eigenvalue weighted by Crippen LogP contribution is -2.30. The molecule has 7 nitrogen and oxygen atoms in total. The summed E-state index contributed by atoms with van der Waals surface area (Å²) in [7, 11) is 0. The minimum atomic E-state index is -1.02. The molecule has 0 radical (unpaired) electrons. The monoisotopic (exact) mass is 433 g/mol. The number of benzene rings is 2. The van der Waals surface area contributed by atoms with Crippen molar-refractivity contribution < 1.29 is 19.1 Å². The van der Waals surface area contributed by atoms with Crippen LogP contribution in [-0.2, 0) is 22.4 Å². The SMILES string of the molecule is CCCc1nc2ccccc2c(C(=O)O[C@@H](C)C(=O)Nc2ccc(C(N)=O)cc2)c1CC. The van der Waals surface area contributed by atoms with Gasteiger partial charge in [-0.3, -0.25) is 14.6 Å². The summed E-state index contributed by atoms with van der Waals surface area (Å²) < 4.78 is 5.56. The van der Waals surface area contributed by atoms with E-state index in [1.165, 1.54) is 19.1 Å². The molecule has 7 heteroatoms. The molecule has 2 aromatic carbocycles. The molecule has 1 atom stereocenters. The first-order valence-corrected chi connectivity index (χ1v) is 10.7. The van der Waals surface area contributed by atoms with Crippen molar-refractivity contribution in [2.75, 3.05) is 5.32 Å². The molecule has 0 saturated carbocycles. The summed E-state index contributed by atoms with van der Waals surface area (Å²) in [6.45, 7) is 5.57. The molecule has 0 saturated heterocycles.